The van der Waals surface area contributed by atoms with E-state index < -0.39 is 5.91 Å². The van der Waals surface area contributed by atoms with E-state index in [9.17, 15) is 10.1 Å². The van der Waals surface area contributed by atoms with Crippen molar-refractivity contribution in [3.05, 3.63) is 40.0 Å². The summed E-state index contributed by atoms with van der Waals surface area (Å²) in [6, 6.07) is 7.17. The fourth-order valence-corrected chi connectivity index (χ4v) is 3.04. The van der Waals surface area contributed by atoms with Gasteiger partial charge in [0.1, 0.15) is 11.6 Å². The molecule has 0 bridgehead atoms. The molecule has 1 aromatic carbocycles. The van der Waals surface area contributed by atoms with Crippen LogP contribution in [0.5, 0.6) is 0 Å². The fraction of sp³-hybridized carbons (Fsp3) is 0.412. The summed E-state index contributed by atoms with van der Waals surface area (Å²) < 4.78 is 0. The van der Waals surface area contributed by atoms with Crippen molar-refractivity contribution in [1.82, 2.24) is 5.32 Å². The van der Waals surface area contributed by atoms with E-state index in [1.807, 2.05) is 6.07 Å². The quantitative estimate of drug-likeness (QED) is 0.619. The first-order valence-electron chi connectivity index (χ1n) is 7.64. The number of rotatable bonds is 4. The zero-order valence-corrected chi connectivity index (χ0v) is 14.4. The lowest BCUT2D eigenvalue weighted by Gasteiger charge is -2.29. The summed E-state index contributed by atoms with van der Waals surface area (Å²) in [7, 11) is 0. The van der Waals surface area contributed by atoms with Gasteiger partial charge in [0.05, 0.1) is 15.7 Å². The average Bonchev–Trinajstić information content (AvgIpc) is 2.54. The molecule has 122 valence electrons. The molecule has 23 heavy (non-hydrogen) atoms. The normalized spacial score (nSPS) is 21.4. The van der Waals surface area contributed by atoms with Crippen LogP contribution in [0.4, 0.5) is 5.69 Å². The first-order valence-corrected chi connectivity index (χ1v) is 8.40. The highest BCUT2D eigenvalue weighted by Crippen LogP contribution is 2.29. The lowest BCUT2D eigenvalue weighted by Crippen LogP contribution is -2.34. The lowest BCUT2D eigenvalue weighted by atomic mass is 9.86. The Labute approximate surface area is 146 Å². The Morgan fingerprint density at radius 1 is 1.35 bits per heavy atom. The van der Waals surface area contributed by atoms with E-state index in [4.69, 9.17) is 23.2 Å². The molecule has 2 N–H and O–H groups in total. The van der Waals surface area contributed by atoms with Gasteiger partial charge in [0.2, 0.25) is 0 Å². The number of carbonyl (C=O) groups excluding carboxylic acids is 1. The number of benzene rings is 1. The van der Waals surface area contributed by atoms with Crippen LogP contribution in [0.25, 0.3) is 0 Å². The third-order valence-corrected chi connectivity index (χ3v) is 4.94. The number of anilines is 1. The molecule has 1 amide bonds. The van der Waals surface area contributed by atoms with E-state index in [-0.39, 0.29) is 10.6 Å². The van der Waals surface area contributed by atoms with E-state index in [1.165, 1.54) is 19.0 Å². The number of nitrogens with zero attached hydrogens (tertiary/aromatic N) is 1. The largest absolute Gasteiger partial charge is 0.387 e. The first-order chi connectivity index (χ1) is 11.0. The molecule has 0 aliphatic heterocycles. The number of hydrogen-bond acceptors (Lipinski definition) is 3. The van der Waals surface area contributed by atoms with Gasteiger partial charge >= 0.3 is 0 Å². The van der Waals surface area contributed by atoms with Crippen molar-refractivity contribution in [2.24, 2.45) is 5.92 Å². The molecule has 4 nitrogen and oxygen atoms in total. The molecule has 0 aromatic heterocycles. The van der Waals surface area contributed by atoms with Gasteiger partial charge in [-0.1, -0.05) is 49.0 Å². The van der Waals surface area contributed by atoms with Crippen LogP contribution < -0.4 is 10.6 Å². The zero-order valence-electron chi connectivity index (χ0n) is 12.9. The molecule has 0 heterocycles. The van der Waals surface area contributed by atoms with Crippen LogP contribution in [0, 0.1) is 17.2 Å². The van der Waals surface area contributed by atoms with Crippen molar-refractivity contribution < 1.29 is 4.79 Å². The Bertz CT molecular complexity index is 652. The summed E-state index contributed by atoms with van der Waals surface area (Å²) in [4.78, 5) is 12.2. The second kappa shape index (κ2) is 8.24. The summed E-state index contributed by atoms with van der Waals surface area (Å²) in [6.45, 7) is 2.18. The van der Waals surface area contributed by atoms with E-state index in [1.54, 1.807) is 18.2 Å². The summed E-state index contributed by atoms with van der Waals surface area (Å²) >= 11 is 12.0. The maximum absolute atomic E-state index is 12.2. The smallest absolute Gasteiger partial charge is 0.267 e. The number of nitriles is 1. The predicted molar refractivity (Wildman–Crippen MR) is 93.3 cm³/mol. The van der Waals surface area contributed by atoms with Crippen LogP contribution in [0.2, 0.25) is 10.0 Å². The number of nitrogens with one attached hydrogen (secondary N) is 2. The highest BCUT2D eigenvalue weighted by molar-refractivity contribution is 6.44. The Kier molecular flexibility index (Phi) is 6.32. The van der Waals surface area contributed by atoms with Gasteiger partial charge in [0.15, 0.2) is 0 Å². The molecule has 1 aromatic rings. The van der Waals surface area contributed by atoms with Crippen LogP contribution in [0.15, 0.2) is 30.0 Å². The van der Waals surface area contributed by atoms with E-state index >= 15 is 0 Å². The third-order valence-electron chi connectivity index (χ3n) is 4.12. The highest BCUT2D eigenvalue weighted by atomic mass is 35.5. The Balaban J connectivity index is 2.05. The van der Waals surface area contributed by atoms with Crippen LogP contribution in [-0.4, -0.2) is 11.9 Å². The van der Waals surface area contributed by atoms with Crippen molar-refractivity contribution in [3.8, 4) is 6.07 Å². The summed E-state index contributed by atoms with van der Waals surface area (Å²) in [5.74, 6) is 0.0259. The molecule has 1 aliphatic carbocycles. The standard InChI is InChI=1S/C17H19Cl2N3O/c1-11-5-2-3-7-14(11)21-10-12(9-20)17(23)22-15-8-4-6-13(18)16(15)19/h4,6,8,10-11,14,21H,2-3,5,7H2,1H3,(H,22,23)/b12-10-. The van der Waals surface area contributed by atoms with Gasteiger partial charge in [0.25, 0.3) is 5.91 Å². The fourth-order valence-electron chi connectivity index (χ4n) is 2.69. The minimum atomic E-state index is -0.507. The van der Waals surface area contributed by atoms with Crippen LogP contribution in [0.1, 0.15) is 32.6 Å². The Morgan fingerprint density at radius 2 is 2.09 bits per heavy atom. The van der Waals surface area contributed by atoms with E-state index in [0.717, 1.165) is 12.8 Å². The number of amides is 1. The summed E-state index contributed by atoms with van der Waals surface area (Å²) in [5.41, 5.74) is 0.398. The van der Waals surface area contributed by atoms with Gasteiger partial charge in [-0.3, -0.25) is 4.79 Å². The van der Waals surface area contributed by atoms with Crippen LogP contribution >= 0.6 is 23.2 Å². The van der Waals surface area contributed by atoms with E-state index in [0.29, 0.717) is 22.7 Å². The molecular weight excluding hydrogens is 333 g/mol. The molecule has 2 unspecified atom stereocenters. The molecule has 2 atom stereocenters. The SMILES string of the molecule is CC1CCCCC1N/C=C(/C#N)C(=O)Nc1cccc(Cl)c1Cl. The topological polar surface area (TPSA) is 64.9 Å². The molecule has 6 heteroatoms. The van der Waals surface area contributed by atoms with Gasteiger partial charge in [-0.25, -0.2) is 0 Å². The maximum atomic E-state index is 12.2. The van der Waals surface area contributed by atoms with Gasteiger partial charge in [-0.05, 0) is 30.9 Å². The van der Waals surface area contributed by atoms with Crippen LogP contribution in [0.3, 0.4) is 0 Å². The minimum absolute atomic E-state index is 0.0128. The Morgan fingerprint density at radius 3 is 2.78 bits per heavy atom. The second-order valence-corrected chi connectivity index (χ2v) is 6.55. The van der Waals surface area contributed by atoms with Gasteiger partial charge in [0, 0.05) is 12.2 Å². The number of hydrogen-bond donors (Lipinski definition) is 2. The lowest BCUT2D eigenvalue weighted by molar-refractivity contribution is -0.112. The first kappa shape index (κ1) is 17.7. The molecule has 0 saturated heterocycles. The van der Waals surface area contributed by atoms with Crippen molar-refractivity contribution >= 4 is 34.8 Å². The van der Waals surface area contributed by atoms with Crippen LogP contribution in [-0.2, 0) is 4.79 Å². The third kappa shape index (κ3) is 4.63. The maximum Gasteiger partial charge on any atom is 0.267 e. The van der Waals surface area contributed by atoms with Gasteiger partial charge < -0.3 is 10.6 Å². The van der Waals surface area contributed by atoms with Crippen molar-refractivity contribution in [2.45, 2.75) is 38.6 Å². The number of carbonyl (C=O) groups is 1. The second-order valence-electron chi connectivity index (χ2n) is 5.76. The van der Waals surface area contributed by atoms with Gasteiger partial charge in [-0.15, -0.1) is 0 Å². The molecule has 1 saturated carbocycles. The highest BCUT2D eigenvalue weighted by Gasteiger charge is 2.20. The molecule has 0 radical (unpaired) electrons. The predicted octanol–water partition coefficient (Wildman–Crippen LogP) is 4.51. The molecule has 2 rings (SSSR count). The van der Waals surface area contributed by atoms with E-state index in [2.05, 4.69) is 17.6 Å². The molecule has 0 spiro atoms. The molecule has 1 aliphatic rings. The van der Waals surface area contributed by atoms with Crippen molar-refractivity contribution in [2.75, 3.05) is 5.32 Å². The average molecular weight is 352 g/mol. The minimum Gasteiger partial charge on any atom is -0.387 e. The number of halogens is 2. The summed E-state index contributed by atoms with van der Waals surface area (Å²) in [6.07, 6.45) is 6.13. The molecular formula is C17H19Cl2N3O. The van der Waals surface area contributed by atoms with Crippen molar-refractivity contribution in [1.29, 1.82) is 5.26 Å². The van der Waals surface area contributed by atoms with Gasteiger partial charge in [-0.2, -0.15) is 5.26 Å². The monoisotopic (exact) mass is 351 g/mol. The summed E-state index contributed by atoms with van der Waals surface area (Å²) in [5, 5.41) is 15.6. The Hall–Kier alpha value is -1.70. The van der Waals surface area contributed by atoms with Crippen molar-refractivity contribution in [3.63, 3.8) is 0 Å². The zero-order chi connectivity index (χ0) is 16.8. The molecule has 1 fully saturated rings.